The monoisotopic (exact) mass is 400 g/mol. The first-order valence-corrected chi connectivity index (χ1v) is 10.4. The van der Waals surface area contributed by atoms with Gasteiger partial charge < -0.3 is 10.1 Å². The quantitative estimate of drug-likeness (QED) is 0.580. The third-order valence-corrected chi connectivity index (χ3v) is 6.48. The molecule has 1 aliphatic heterocycles. The molecule has 0 radical (unpaired) electrons. The zero-order valence-corrected chi connectivity index (χ0v) is 16.4. The van der Waals surface area contributed by atoms with Crippen LogP contribution in [-0.2, 0) is 24.3 Å². The highest BCUT2D eigenvalue weighted by atomic mass is 32.2. The number of sulfonamides is 1. The van der Waals surface area contributed by atoms with Crippen LogP contribution in [0, 0.1) is 12.7 Å². The highest BCUT2D eigenvalue weighted by Crippen LogP contribution is 2.27. The summed E-state index contributed by atoms with van der Waals surface area (Å²) in [5.74, 6) is -2.24. The molecule has 1 N–H and O–H groups in total. The number of carbonyl (C=O) groups is 2. The molecule has 1 amide bonds. The fourth-order valence-electron chi connectivity index (χ4n) is 3.11. The van der Waals surface area contributed by atoms with Crippen LogP contribution in [0.5, 0.6) is 0 Å². The van der Waals surface area contributed by atoms with E-state index in [-0.39, 0.29) is 29.7 Å². The summed E-state index contributed by atoms with van der Waals surface area (Å²) in [6.07, 6.45) is 2.66. The maximum atomic E-state index is 13.5. The Kier molecular flexibility index (Phi) is 7.32. The molecule has 0 aliphatic carbocycles. The van der Waals surface area contributed by atoms with Crippen molar-refractivity contribution in [3.63, 3.8) is 0 Å². The van der Waals surface area contributed by atoms with Gasteiger partial charge in [-0.3, -0.25) is 4.79 Å². The number of hydrogen-bond acceptors (Lipinski definition) is 5. The molecule has 1 fully saturated rings. The van der Waals surface area contributed by atoms with Crippen LogP contribution >= 0.6 is 0 Å². The molecule has 2 rings (SSSR count). The number of nitrogens with one attached hydrogen (secondary N) is 1. The first-order chi connectivity index (χ1) is 12.8. The van der Waals surface area contributed by atoms with Gasteiger partial charge in [-0.2, -0.15) is 4.31 Å². The largest absolute Gasteiger partial charge is 0.459 e. The first-order valence-electron chi connectivity index (χ1n) is 9.00. The molecule has 0 unspecified atom stereocenters. The molecule has 27 heavy (non-hydrogen) atoms. The highest BCUT2D eigenvalue weighted by Gasteiger charge is 2.33. The molecular formula is C18H25FN2O5S. The Balaban J connectivity index is 2.06. The minimum absolute atomic E-state index is 0.0591. The van der Waals surface area contributed by atoms with Crippen molar-refractivity contribution in [2.75, 3.05) is 19.7 Å². The van der Waals surface area contributed by atoms with Crippen LogP contribution in [0.1, 0.15) is 38.2 Å². The van der Waals surface area contributed by atoms with E-state index in [4.69, 9.17) is 0 Å². The molecule has 7 nitrogen and oxygen atoms in total. The van der Waals surface area contributed by atoms with Crippen LogP contribution in [-0.4, -0.2) is 50.3 Å². The summed E-state index contributed by atoms with van der Waals surface area (Å²) in [5, 5.41) is 2.46. The summed E-state index contributed by atoms with van der Waals surface area (Å²) in [6.45, 7) is 3.77. The van der Waals surface area contributed by atoms with Gasteiger partial charge in [-0.05, 0) is 56.9 Å². The lowest BCUT2D eigenvalue weighted by Crippen LogP contribution is -2.45. The molecule has 1 aliphatic rings. The summed E-state index contributed by atoms with van der Waals surface area (Å²) < 4.78 is 45.5. The van der Waals surface area contributed by atoms with E-state index in [2.05, 4.69) is 10.1 Å². The van der Waals surface area contributed by atoms with Gasteiger partial charge in [-0.25, -0.2) is 17.6 Å². The average Bonchev–Trinajstić information content (AvgIpc) is 2.64. The van der Waals surface area contributed by atoms with Crippen molar-refractivity contribution in [3.05, 3.63) is 29.6 Å². The minimum atomic E-state index is -3.76. The Bertz CT molecular complexity index is 797. The summed E-state index contributed by atoms with van der Waals surface area (Å²) >= 11 is 0. The number of rotatable bonds is 6. The average molecular weight is 400 g/mol. The van der Waals surface area contributed by atoms with E-state index >= 15 is 0 Å². The third kappa shape index (κ3) is 5.26. The van der Waals surface area contributed by atoms with Gasteiger partial charge >= 0.3 is 11.9 Å². The van der Waals surface area contributed by atoms with Crippen molar-refractivity contribution in [2.45, 2.75) is 50.5 Å². The van der Waals surface area contributed by atoms with Gasteiger partial charge in [0, 0.05) is 19.1 Å². The standard InChI is InChI=1S/C18H25FN2O5S/c1-3-26-18(23)17(22)20-10-9-14-6-4-5-11-21(14)27(24,25)15-7-8-16(19)13(2)12-15/h7-8,12,14H,3-6,9-11H2,1-2H3,(H,20,22)/t14-/m0/s1. The number of halogens is 1. The van der Waals surface area contributed by atoms with Gasteiger partial charge in [0.1, 0.15) is 5.82 Å². The van der Waals surface area contributed by atoms with Crippen molar-refractivity contribution in [3.8, 4) is 0 Å². The Morgan fingerprint density at radius 3 is 2.74 bits per heavy atom. The number of piperidine rings is 1. The second kappa shape index (κ2) is 9.27. The molecule has 0 bridgehead atoms. The summed E-state index contributed by atoms with van der Waals surface area (Å²) in [7, 11) is -3.76. The van der Waals surface area contributed by atoms with Crippen molar-refractivity contribution in [1.29, 1.82) is 0 Å². The van der Waals surface area contributed by atoms with E-state index in [1.807, 2.05) is 0 Å². The molecule has 9 heteroatoms. The molecule has 1 saturated heterocycles. The number of hydrogen-bond donors (Lipinski definition) is 1. The molecule has 0 spiro atoms. The SMILES string of the molecule is CCOC(=O)C(=O)NCC[C@@H]1CCCCN1S(=O)(=O)c1ccc(F)c(C)c1. The molecule has 1 atom stereocenters. The zero-order chi connectivity index (χ0) is 20.0. The Hall–Kier alpha value is -2.00. The van der Waals surface area contributed by atoms with Crippen LogP contribution in [0.15, 0.2) is 23.1 Å². The number of aryl methyl sites for hydroxylation is 1. The lowest BCUT2D eigenvalue weighted by molar-refractivity contribution is -0.154. The van der Waals surface area contributed by atoms with Gasteiger partial charge in [0.05, 0.1) is 11.5 Å². The van der Waals surface area contributed by atoms with E-state index in [1.54, 1.807) is 6.92 Å². The summed E-state index contributed by atoms with van der Waals surface area (Å²) in [5.41, 5.74) is 0.270. The summed E-state index contributed by atoms with van der Waals surface area (Å²) in [6, 6.07) is 3.46. The highest BCUT2D eigenvalue weighted by molar-refractivity contribution is 7.89. The minimum Gasteiger partial charge on any atom is -0.459 e. The fourth-order valence-corrected chi connectivity index (χ4v) is 4.92. The van der Waals surface area contributed by atoms with E-state index in [0.717, 1.165) is 18.9 Å². The molecule has 1 heterocycles. The van der Waals surface area contributed by atoms with E-state index < -0.39 is 27.7 Å². The zero-order valence-electron chi connectivity index (χ0n) is 15.5. The number of nitrogens with zero attached hydrogens (tertiary/aromatic N) is 1. The lowest BCUT2D eigenvalue weighted by Gasteiger charge is -2.34. The normalized spacial score (nSPS) is 18.1. The van der Waals surface area contributed by atoms with E-state index in [1.165, 1.54) is 23.4 Å². The maximum absolute atomic E-state index is 13.5. The van der Waals surface area contributed by atoms with Crippen LogP contribution in [0.2, 0.25) is 0 Å². The summed E-state index contributed by atoms with van der Waals surface area (Å²) in [4.78, 5) is 23.0. The van der Waals surface area contributed by atoms with Crippen molar-refractivity contribution in [2.24, 2.45) is 0 Å². The predicted molar refractivity (Wildman–Crippen MR) is 96.9 cm³/mol. The molecule has 0 aromatic heterocycles. The fraction of sp³-hybridized carbons (Fsp3) is 0.556. The van der Waals surface area contributed by atoms with Crippen molar-refractivity contribution in [1.82, 2.24) is 9.62 Å². The van der Waals surface area contributed by atoms with Crippen molar-refractivity contribution < 1.29 is 27.1 Å². The number of esters is 1. The Morgan fingerprint density at radius 1 is 1.33 bits per heavy atom. The van der Waals surface area contributed by atoms with Crippen LogP contribution in [0.4, 0.5) is 4.39 Å². The van der Waals surface area contributed by atoms with Gasteiger partial charge in [-0.15, -0.1) is 0 Å². The molecule has 1 aromatic carbocycles. The second-order valence-electron chi connectivity index (χ2n) is 6.44. The Labute approximate surface area is 158 Å². The maximum Gasteiger partial charge on any atom is 0.396 e. The van der Waals surface area contributed by atoms with Gasteiger partial charge in [-0.1, -0.05) is 6.42 Å². The van der Waals surface area contributed by atoms with Gasteiger partial charge in [0.25, 0.3) is 0 Å². The lowest BCUT2D eigenvalue weighted by atomic mass is 10.0. The predicted octanol–water partition coefficient (Wildman–Crippen LogP) is 1.75. The Morgan fingerprint density at radius 2 is 2.07 bits per heavy atom. The van der Waals surface area contributed by atoms with Crippen LogP contribution in [0.3, 0.4) is 0 Å². The van der Waals surface area contributed by atoms with E-state index in [9.17, 15) is 22.4 Å². The number of benzene rings is 1. The van der Waals surface area contributed by atoms with Gasteiger partial charge in [0.2, 0.25) is 10.0 Å². The molecule has 1 aromatic rings. The van der Waals surface area contributed by atoms with Gasteiger partial charge in [0.15, 0.2) is 0 Å². The third-order valence-electron chi connectivity index (χ3n) is 4.53. The van der Waals surface area contributed by atoms with Crippen LogP contribution < -0.4 is 5.32 Å². The second-order valence-corrected chi connectivity index (χ2v) is 8.33. The molecule has 150 valence electrons. The molecule has 0 saturated carbocycles. The number of carbonyl (C=O) groups excluding carboxylic acids is 2. The van der Waals surface area contributed by atoms with Crippen LogP contribution in [0.25, 0.3) is 0 Å². The van der Waals surface area contributed by atoms with E-state index in [0.29, 0.717) is 19.4 Å². The smallest absolute Gasteiger partial charge is 0.396 e. The first kappa shape index (κ1) is 21.3. The molecular weight excluding hydrogens is 375 g/mol. The number of amides is 1. The van der Waals surface area contributed by atoms with Crippen molar-refractivity contribution >= 4 is 21.9 Å². The number of ether oxygens (including phenoxy) is 1. The topological polar surface area (TPSA) is 92.8 Å².